The summed E-state index contributed by atoms with van der Waals surface area (Å²) in [5.41, 5.74) is 0.897. The third-order valence-electron chi connectivity index (χ3n) is 3.41. The SMILES string of the molecule is Cc1cccc(S(=O)(=O)NCCNc2ccc(-n3cccn3)nn2)c1. The van der Waals surface area contributed by atoms with Crippen molar-refractivity contribution in [1.29, 1.82) is 0 Å². The van der Waals surface area contributed by atoms with Gasteiger partial charge in [-0.2, -0.15) is 5.10 Å². The van der Waals surface area contributed by atoms with Gasteiger partial charge in [0.1, 0.15) is 5.82 Å². The highest BCUT2D eigenvalue weighted by molar-refractivity contribution is 7.89. The van der Waals surface area contributed by atoms with E-state index in [9.17, 15) is 8.42 Å². The van der Waals surface area contributed by atoms with Crippen molar-refractivity contribution >= 4 is 15.8 Å². The third kappa shape index (κ3) is 4.40. The molecular weight excluding hydrogens is 340 g/mol. The maximum absolute atomic E-state index is 12.2. The lowest BCUT2D eigenvalue weighted by atomic mass is 10.2. The predicted octanol–water partition coefficient (Wildman–Crippen LogP) is 1.36. The van der Waals surface area contributed by atoms with Crippen LogP contribution < -0.4 is 10.0 Å². The van der Waals surface area contributed by atoms with E-state index < -0.39 is 10.0 Å². The lowest BCUT2D eigenvalue weighted by Crippen LogP contribution is -2.29. The van der Waals surface area contributed by atoms with Gasteiger partial charge in [-0.15, -0.1) is 10.2 Å². The minimum atomic E-state index is -3.51. The Morgan fingerprint density at radius 1 is 1.08 bits per heavy atom. The van der Waals surface area contributed by atoms with Crippen molar-refractivity contribution in [2.45, 2.75) is 11.8 Å². The first-order valence-corrected chi connectivity index (χ1v) is 9.17. The van der Waals surface area contributed by atoms with Gasteiger partial charge in [0.15, 0.2) is 5.82 Å². The lowest BCUT2D eigenvalue weighted by molar-refractivity contribution is 0.582. The number of nitrogens with one attached hydrogen (secondary N) is 2. The van der Waals surface area contributed by atoms with Crippen molar-refractivity contribution in [2.24, 2.45) is 0 Å². The van der Waals surface area contributed by atoms with Crippen molar-refractivity contribution in [3.05, 3.63) is 60.4 Å². The minimum absolute atomic E-state index is 0.235. The second-order valence-corrected chi connectivity index (χ2v) is 7.14. The van der Waals surface area contributed by atoms with Crippen LogP contribution in [0.1, 0.15) is 5.56 Å². The molecule has 2 aromatic heterocycles. The summed E-state index contributed by atoms with van der Waals surface area (Å²) in [4.78, 5) is 0.260. The highest BCUT2D eigenvalue weighted by Gasteiger charge is 2.12. The zero-order valence-electron chi connectivity index (χ0n) is 13.6. The Morgan fingerprint density at radius 3 is 2.64 bits per heavy atom. The summed E-state index contributed by atoms with van der Waals surface area (Å²) in [7, 11) is -3.51. The lowest BCUT2D eigenvalue weighted by Gasteiger charge is -2.09. The van der Waals surface area contributed by atoms with Gasteiger partial charge < -0.3 is 5.32 Å². The van der Waals surface area contributed by atoms with Crippen molar-refractivity contribution in [2.75, 3.05) is 18.4 Å². The summed E-state index contributed by atoms with van der Waals surface area (Å²) in [6.07, 6.45) is 3.44. The van der Waals surface area contributed by atoms with Gasteiger partial charge in [-0.3, -0.25) is 0 Å². The zero-order valence-corrected chi connectivity index (χ0v) is 14.4. The Balaban J connectivity index is 1.51. The van der Waals surface area contributed by atoms with Crippen LogP contribution in [0, 0.1) is 6.92 Å². The molecule has 3 aromatic rings. The number of benzene rings is 1. The Labute approximate surface area is 146 Å². The van der Waals surface area contributed by atoms with Crippen LogP contribution in [0.3, 0.4) is 0 Å². The molecule has 0 bridgehead atoms. The molecule has 0 aliphatic rings. The van der Waals surface area contributed by atoms with Crippen molar-refractivity contribution in [3.8, 4) is 5.82 Å². The predicted molar refractivity (Wildman–Crippen MR) is 94.0 cm³/mol. The van der Waals surface area contributed by atoms with Crippen molar-refractivity contribution < 1.29 is 8.42 Å². The molecule has 1 aromatic carbocycles. The van der Waals surface area contributed by atoms with Gasteiger partial charge in [0.2, 0.25) is 10.0 Å². The molecule has 25 heavy (non-hydrogen) atoms. The number of hydrogen-bond donors (Lipinski definition) is 2. The molecule has 0 unspecified atom stereocenters. The van der Waals surface area contributed by atoms with E-state index in [0.29, 0.717) is 18.2 Å². The molecule has 0 aliphatic heterocycles. The normalized spacial score (nSPS) is 11.4. The number of aryl methyl sites for hydroxylation is 1. The maximum Gasteiger partial charge on any atom is 0.240 e. The van der Waals surface area contributed by atoms with E-state index in [0.717, 1.165) is 5.56 Å². The van der Waals surface area contributed by atoms with Gasteiger partial charge in [0.25, 0.3) is 0 Å². The molecule has 0 fully saturated rings. The number of anilines is 1. The fourth-order valence-electron chi connectivity index (χ4n) is 2.19. The van der Waals surface area contributed by atoms with Gasteiger partial charge in [0.05, 0.1) is 4.90 Å². The van der Waals surface area contributed by atoms with Crippen LogP contribution in [-0.4, -0.2) is 41.5 Å². The Morgan fingerprint density at radius 2 is 1.96 bits per heavy atom. The van der Waals surface area contributed by atoms with Crippen molar-refractivity contribution in [1.82, 2.24) is 24.7 Å². The monoisotopic (exact) mass is 358 g/mol. The summed E-state index contributed by atoms with van der Waals surface area (Å²) in [5.74, 6) is 1.17. The second kappa shape index (κ2) is 7.41. The van der Waals surface area contributed by atoms with Crippen LogP contribution in [0.15, 0.2) is 59.8 Å². The van der Waals surface area contributed by atoms with E-state index in [-0.39, 0.29) is 11.4 Å². The maximum atomic E-state index is 12.2. The third-order valence-corrected chi connectivity index (χ3v) is 4.87. The number of sulfonamides is 1. The number of nitrogens with zero attached hydrogens (tertiary/aromatic N) is 4. The fourth-order valence-corrected chi connectivity index (χ4v) is 3.32. The van der Waals surface area contributed by atoms with Gasteiger partial charge in [-0.1, -0.05) is 12.1 Å². The van der Waals surface area contributed by atoms with Crippen molar-refractivity contribution in [3.63, 3.8) is 0 Å². The number of aromatic nitrogens is 4. The first kappa shape index (κ1) is 17.1. The largest absolute Gasteiger partial charge is 0.367 e. The molecule has 0 aliphatic carbocycles. The van der Waals surface area contributed by atoms with Gasteiger partial charge in [-0.05, 0) is 42.8 Å². The zero-order chi connectivity index (χ0) is 17.7. The molecule has 0 radical (unpaired) electrons. The summed E-state index contributed by atoms with van der Waals surface area (Å²) >= 11 is 0. The van der Waals surface area contributed by atoms with E-state index >= 15 is 0 Å². The van der Waals surface area contributed by atoms with E-state index in [1.54, 1.807) is 53.5 Å². The molecule has 8 nitrogen and oxygen atoms in total. The van der Waals surface area contributed by atoms with E-state index in [1.165, 1.54) is 0 Å². The van der Waals surface area contributed by atoms with Crippen LogP contribution in [0.4, 0.5) is 5.82 Å². The van der Waals surface area contributed by atoms with Gasteiger partial charge in [0, 0.05) is 25.5 Å². The summed E-state index contributed by atoms with van der Waals surface area (Å²) in [6.45, 7) is 2.48. The number of rotatable bonds is 7. The summed E-state index contributed by atoms with van der Waals surface area (Å²) in [5, 5.41) is 15.2. The topological polar surface area (TPSA) is 102 Å². The molecule has 0 saturated heterocycles. The fraction of sp³-hybridized carbons (Fsp3) is 0.188. The summed E-state index contributed by atoms with van der Waals surface area (Å²) < 4.78 is 28.5. The van der Waals surface area contributed by atoms with Crippen LogP contribution >= 0.6 is 0 Å². The van der Waals surface area contributed by atoms with Crippen LogP contribution in [-0.2, 0) is 10.0 Å². The molecule has 9 heteroatoms. The van der Waals surface area contributed by atoms with Crippen LogP contribution in [0.25, 0.3) is 5.82 Å². The van der Waals surface area contributed by atoms with E-state index in [4.69, 9.17) is 0 Å². The van der Waals surface area contributed by atoms with Crippen LogP contribution in [0.5, 0.6) is 0 Å². The Hall–Kier alpha value is -2.78. The van der Waals surface area contributed by atoms with Gasteiger partial charge >= 0.3 is 0 Å². The highest BCUT2D eigenvalue weighted by Crippen LogP contribution is 2.10. The molecule has 0 amide bonds. The average molecular weight is 358 g/mol. The smallest absolute Gasteiger partial charge is 0.240 e. The number of hydrogen-bond acceptors (Lipinski definition) is 6. The minimum Gasteiger partial charge on any atom is -0.367 e. The molecule has 2 heterocycles. The molecule has 130 valence electrons. The molecule has 0 spiro atoms. The Kier molecular flexibility index (Phi) is 5.05. The highest BCUT2D eigenvalue weighted by atomic mass is 32.2. The quantitative estimate of drug-likeness (QED) is 0.619. The first-order chi connectivity index (χ1) is 12.0. The second-order valence-electron chi connectivity index (χ2n) is 5.37. The molecule has 2 N–H and O–H groups in total. The summed E-state index contributed by atoms with van der Waals surface area (Å²) in [6, 6.07) is 12.1. The van der Waals surface area contributed by atoms with E-state index in [1.807, 2.05) is 13.0 Å². The molecule has 0 atom stereocenters. The molecule has 0 saturated carbocycles. The average Bonchev–Trinajstić information content (AvgIpc) is 3.14. The molecule has 3 rings (SSSR count). The Bertz CT molecular complexity index is 924. The van der Waals surface area contributed by atoms with E-state index in [2.05, 4.69) is 25.3 Å². The first-order valence-electron chi connectivity index (χ1n) is 7.68. The van der Waals surface area contributed by atoms with Crippen LogP contribution in [0.2, 0.25) is 0 Å². The van der Waals surface area contributed by atoms with Gasteiger partial charge in [-0.25, -0.2) is 17.8 Å². The standard InChI is InChI=1S/C16H18N6O2S/c1-13-4-2-5-14(12-13)25(23,24)19-10-9-17-15-6-7-16(21-20-15)22-11-3-8-18-22/h2-8,11-12,19H,9-10H2,1H3,(H,17,20). The molecular formula is C16H18N6O2S.